The molecule has 2 amide bonds. The summed E-state index contributed by atoms with van der Waals surface area (Å²) in [7, 11) is 0. The summed E-state index contributed by atoms with van der Waals surface area (Å²) in [6.07, 6.45) is 0.682. The number of carbonyl (C=O) groups is 2. The van der Waals surface area contributed by atoms with E-state index in [4.69, 9.17) is 0 Å². The van der Waals surface area contributed by atoms with Crippen molar-refractivity contribution in [3.8, 4) is 0 Å². The van der Waals surface area contributed by atoms with Crippen LogP contribution in [-0.2, 0) is 16.0 Å². The van der Waals surface area contributed by atoms with Crippen molar-refractivity contribution in [3.63, 3.8) is 0 Å². The van der Waals surface area contributed by atoms with Gasteiger partial charge >= 0.3 is 0 Å². The Hall–Kier alpha value is -1.92. The van der Waals surface area contributed by atoms with Gasteiger partial charge < -0.3 is 20.6 Å². The largest absolute Gasteiger partial charge is 0.391 e. The van der Waals surface area contributed by atoms with Crippen LogP contribution in [0.15, 0.2) is 24.3 Å². The second-order valence-corrected chi connectivity index (χ2v) is 6.62. The topological polar surface area (TPSA) is 81.7 Å². The molecule has 0 aromatic heterocycles. The van der Waals surface area contributed by atoms with E-state index in [9.17, 15) is 14.7 Å². The van der Waals surface area contributed by atoms with Crippen molar-refractivity contribution < 1.29 is 14.7 Å². The Morgan fingerprint density at radius 3 is 2.88 bits per heavy atom. The van der Waals surface area contributed by atoms with E-state index in [2.05, 4.69) is 17.6 Å². The van der Waals surface area contributed by atoms with Crippen molar-refractivity contribution in [1.82, 2.24) is 10.6 Å². The fraction of sp³-hybridized carbons (Fsp3) is 0.556. The first-order chi connectivity index (χ1) is 11.6. The molecule has 3 N–H and O–H groups in total. The molecule has 6 heteroatoms. The van der Waals surface area contributed by atoms with Crippen LogP contribution in [0, 0.1) is 11.8 Å². The summed E-state index contributed by atoms with van der Waals surface area (Å²) in [6.45, 7) is 4.21. The fourth-order valence-electron chi connectivity index (χ4n) is 3.49. The van der Waals surface area contributed by atoms with E-state index >= 15 is 0 Å². The highest BCUT2D eigenvalue weighted by Crippen LogP contribution is 2.28. The molecule has 130 valence electrons. The Bertz CT molecular complexity index is 619. The first-order valence-electron chi connectivity index (χ1n) is 8.65. The molecule has 3 atom stereocenters. The van der Waals surface area contributed by atoms with Crippen molar-refractivity contribution in [2.24, 2.45) is 11.8 Å². The summed E-state index contributed by atoms with van der Waals surface area (Å²) in [5.41, 5.74) is 2.03. The Morgan fingerprint density at radius 1 is 1.38 bits per heavy atom. The highest BCUT2D eigenvalue weighted by atomic mass is 16.3. The Labute approximate surface area is 142 Å². The number of carbonyl (C=O) groups excluding carboxylic acids is 2. The van der Waals surface area contributed by atoms with Crippen molar-refractivity contribution >= 4 is 17.5 Å². The van der Waals surface area contributed by atoms with Gasteiger partial charge in [-0.05, 0) is 18.1 Å². The highest BCUT2D eigenvalue weighted by Gasteiger charge is 2.36. The van der Waals surface area contributed by atoms with Crippen LogP contribution in [0.3, 0.4) is 0 Å². The zero-order valence-corrected chi connectivity index (χ0v) is 14.0. The van der Waals surface area contributed by atoms with E-state index in [1.807, 2.05) is 24.3 Å². The number of hydrogen-bond acceptors (Lipinski definition) is 4. The molecule has 2 aliphatic rings. The molecule has 24 heavy (non-hydrogen) atoms. The van der Waals surface area contributed by atoms with Gasteiger partial charge in [0.05, 0.1) is 12.0 Å². The van der Waals surface area contributed by atoms with Crippen LogP contribution in [0.1, 0.15) is 18.9 Å². The molecule has 2 saturated heterocycles. The fourth-order valence-corrected chi connectivity index (χ4v) is 3.49. The van der Waals surface area contributed by atoms with Gasteiger partial charge in [-0.3, -0.25) is 9.59 Å². The summed E-state index contributed by atoms with van der Waals surface area (Å²) in [5, 5.41) is 15.8. The molecule has 2 heterocycles. The lowest BCUT2D eigenvalue weighted by molar-refractivity contribution is -0.126. The standard InChI is InChI=1S/C18H25N3O3/c1-2-12-5-3-4-6-15(12)21-11-13(7-17(21)23)18(24)20-9-14-8-19-10-16(14)22/h3-6,13-14,16,19,22H,2,7-11H2,1H3,(H,20,24). The molecule has 0 aliphatic carbocycles. The third-order valence-corrected chi connectivity index (χ3v) is 5.00. The van der Waals surface area contributed by atoms with E-state index in [0.29, 0.717) is 26.2 Å². The lowest BCUT2D eigenvalue weighted by atomic mass is 10.0. The molecule has 3 unspecified atom stereocenters. The molecule has 2 aliphatic heterocycles. The predicted octanol–water partition coefficient (Wildman–Crippen LogP) is 0.298. The molecule has 0 saturated carbocycles. The van der Waals surface area contributed by atoms with E-state index in [1.54, 1.807) is 4.90 Å². The van der Waals surface area contributed by atoms with Gasteiger partial charge in [-0.2, -0.15) is 0 Å². The van der Waals surface area contributed by atoms with Gasteiger partial charge in [-0.25, -0.2) is 0 Å². The summed E-state index contributed by atoms with van der Waals surface area (Å²) in [5.74, 6) is -0.380. The third kappa shape index (κ3) is 3.44. The minimum atomic E-state index is -0.413. The molecular formula is C18H25N3O3. The van der Waals surface area contributed by atoms with Crippen molar-refractivity contribution in [3.05, 3.63) is 29.8 Å². The number of nitrogens with zero attached hydrogens (tertiary/aromatic N) is 1. The monoisotopic (exact) mass is 331 g/mol. The van der Waals surface area contributed by atoms with E-state index in [-0.39, 0.29) is 30.1 Å². The quantitative estimate of drug-likeness (QED) is 0.725. The maximum Gasteiger partial charge on any atom is 0.227 e. The molecule has 0 radical (unpaired) electrons. The third-order valence-electron chi connectivity index (χ3n) is 5.00. The van der Waals surface area contributed by atoms with E-state index < -0.39 is 6.10 Å². The number of aryl methyl sites for hydroxylation is 1. The number of hydrogen-bond donors (Lipinski definition) is 3. The highest BCUT2D eigenvalue weighted by molar-refractivity contribution is 6.00. The minimum Gasteiger partial charge on any atom is -0.391 e. The lowest BCUT2D eigenvalue weighted by Crippen LogP contribution is -2.38. The predicted molar refractivity (Wildman–Crippen MR) is 91.7 cm³/mol. The molecule has 6 nitrogen and oxygen atoms in total. The summed E-state index contributed by atoms with van der Waals surface area (Å²) < 4.78 is 0. The molecule has 1 aromatic rings. The average Bonchev–Trinajstić information content (AvgIpc) is 3.18. The molecule has 0 bridgehead atoms. The maximum atomic E-state index is 12.4. The number of aliphatic hydroxyl groups excluding tert-OH is 1. The first-order valence-corrected chi connectivity index (χ1v) is 8.65. The number of para-hydroxylation sites is 1. The van der Waals surface area contributed by atoms with Crippen LogP contribution in [-0.4, -0.2) is 49.2 Å². The van der Waals surface area contributed by atoms with Gasteiger partial charge in [0.1, 0.15) is 0 Å². The van der Waals surface area contributed by atoms with Gasteiger partial charge in [-0.1, -0.05) is 25.1 Å². The van der Waals surface area contributed by atoms with Crippen LogP contribution in [0.25, 0.3) is 0 Å². The smallest absolute Gasteiger partial charge is 0.227 e. The Balaban J connectivity index is 1.60. The lowest BCUT2D eigenvalue weighted by Gasteiger charge is -2.20. The molecule has 3 rings (SSSR count). The SMILES string of the molecule is CCc1ccccc1N1CC(C(=O)NCC2CNCC2O)CC1=O. The number of nitrogens with one attached hydrogen (secondary N) is 2. The summed E-state index contributed by atoms with van der Waals surface area (Å²) in [6, 6.07) is 7.85. The molecule has 2 fully saturated rings. The van der Waals surface area contributed by atoms with Crippen LogP contribution in [0.2, 0.25) is 0 Å². The summed E-state index contributed by atoms with van der Waals surface area (Å²) in [4.78, 5) is 26.5. The van der Waals surface area contributed by atoms with E-state index in [0.717, 1.165) is 17.7 Å². The van der Waals surface area contributed by atoms with Gasteiger partial charge in [0.15, 0.2) is 0 Å². The van der Waals surface area contributed by atoms with Crippen molar-refractivity contribution in [2.45, 2.75) is 25.9 Å². The first kappa shape index (κ1) is 16.9. The normalized spacial score (nSPS) is 26.8. The van der Waals surface area contributed by atoms with Crippen LogP contribution >= 0.6 is 0 Å². The number of β-amino-alcohol motifs (C(OH)–C–C–N with tert-alkyl or cyclic N) is 1. The van der Waals surface area contributed by atoms with Gasteiger partial charge in [0.25, 0.3) is 0 Å². The molecule has 0 spiro atoms. The second kappa shape index (κ2) is 7.32. The Kier molecular flexibility index (Phi) is 5.16. The number of amides is 2. The minimum absolute atomic E-state index is 0.00128. The summed E-state index contributed by atoms with van der Waals surface area (Å²) >= 11 is 0. The maximum absolute atomic E-state index is 12.4. The molecular weight excluding hydrogens is 306 g/mol. The van der Waals surface area contributed by atoms with Crippen molar-refractivity contribution in [1.29, 1.82) is 0 Å². The number of aliphatic hydroxyl groups is 1. The molecule has 1 aromatic carbocycles. The second-order valence-electron chi connectivity index (χ2n) is 6.62. The van der Waals surface area contributed by atoms with Crippen LogP contribution in [0.5, 0.6) is 0 Å². The number of anilines is 1. The van der Waals surface area contributed by atoms with E-state index in [1.165, 1.54) is 0 Å². The Morgan fingerprint density at radius 2 is 2.17 bits per heavy atom. The number of rotatable bonds is 5. The number of benzene rings is 1. The average molecular weight is 331 g/mol. The van der Waals surface area contributed by atoms with Crippen molar-refractivity contribution in [2.75, 3.05) is 31.1 Å². The van der Waals surface area contributed by atoms with Gasteiger partial charge in [-0.15, -0.1) is 0 Å². The van der Waals surface area contributed by atoms with Gasteiger partial charge in [0, 0.05) is 44.2 Å². The van der Waals surface area contributed by atoms with Crippen LogP contribution < -0.4 is 15.5 Å². The zero-order chi connectivity index (χ0) is 17.1. The van der Waals surface area contributed by atoms with Gasteiger partial charge in [0.2, 0.25) is 11.8 Å². The zero-order valence-electron chi connectivity index (χ0n) is 14.0. The van der Waals surface area contributed by atoms with Crippen LogP contribution in [0.4, 0.5) is 5.69 Å².